The van der Waals surface area contributed by atoms with E-state index in [2.05, 4.69) is 58.2 Å². The van der Waals surface area contributed by atoms with E-state index in [4.69, 9.17) is 0 Å². The summed E-state index contributed by atoms with van der Waals surface area (Å²) in [5, 5.41) is 7.23. The van der Waals surface area contributed by atoms with Gasteiger partial charge in [0.1, 0.15) is 5.82 Å². The Morgan fingerprint density at radius 3 is 2.42 bits per heavy atom. The predicted molar refractivity (Wildman–Crippen MR) is 77.1 cm³/mol. The summed E-state index contributed by atoms with van der Waals surface area (Å²) in [4.78, 5) is 6.55. The molecule has 0 spiro atoms. The Morgan fingerprint density at radius 2 is 1.84 bits per heavy atom. The molecule has 2 rings (SSSR count). The van der Waals surface area contributed by atoms with Gasteiger partial charge < -0.3 is 4.90 Å². The molecular weight excluding hydrogens is 236 g/mol. The minimum atomic E-state index is 0.575. The van der Waals surface area contributed by atoms with Crippen LogP contribution in [0.1, 0.15) is 42.5 Å². The molecule has 4 nitrogen and oxygen atoms in total. The van der Waals surface area contributed by atoms with Gasteiger partial charge in [-0.1, -0.05) is 38.1 Å². The zero-order valence-corrected chi connectivity index (χ0v) is 12.1. The molecule has 0 saturated carbocycles. The topological polar surface area (TPSA) is 44.8 Å². The van der Waals surface area contributed by atoms with Gasteiger partial charge in [-0.05, 0) is 31.1 Å². The maximum Gasteiger partial charge on any atom is 0.164 e. The monoisotopic (exact) mass is 258 g/mol. The van der Waals surface area contributed by atoms with Crippen molar-refractivity contribution in [3.05, 3.63) is 47.0 Å². The Kier molecular flexibility index (Phi) is 4.32. The van der Waals surface area contributed by atoms with E-state index in [1.54, 1.807) is 0 Å². The van der Waals surface area contributed by atoms with E-state index in [-0.39, 0.29) is 0 Å². The van der Waals surface area contributed by atoms with Crippen molar-refractivity contribution < 1.29 is 0 Å². The second-order valence-electron chi connectivity index (χ2n) is 5.51. The maximum absolute atomic E-state index is 4.49. The summed E-state index contributed by atoms with van der Waals surface area (Å²) in [6, 6.07) is 8.72. The fraction of sp³-hybridized carbons (Fsp3) is 0.467. The van der Waals surface area contributed by atoms with Crippen LogP contribution in [-0.4, -0.2) is 34.2 Å². The molecule has 1 N–H and O–H groups in total. The van der Waals surface area contributed by atoms with Crippen molar-refractivity contribution in [3.63, 3.8) is 0 Å². The molecule has 0 fully saturated rings. The van der Waals surface area contributed by atoms with Gasteiger partial charge in [-0.2, -0.15) is 5.10 Å². The SMILES string of the molecule is CC(C)c1ccc(Cc2nc(CN(C)C)n[nH]2)cc1. The lowest BCUT2D eigenvalue weighted by atomic mass is 10.0. The molecule has 2 aromatic rings. The number of benzene rings is 1. The lowest BCUT2D eigenvalue weighted by Gasteiger charge is -2.06. The van der Waals surface area contributed by atoms with Gasteiger partial charge in [0.05, 0.1) is 6.54 Å². The minimum absolute atomic E-state index is 0.575. The minimum Gasteiger partial charge on any atom is -0.302 e. The first kappa shape index (κ1) is 13.7. The van der Waals surface area contributed by atoms with Crippen LogP contribution in [-0.2, 0) is 13.0 Å². The van der Waals surface area contributed by atoms with Crippen LogP contribution in [0.25, 0.3) is 0 Å². The number of nitrogens with one attached hydrogen (secondary N) is 1. The zero-order chi connectivity index (χ0) is 13.8. The number of hydrogen-bond acceptors (Lipinski definition) is 3. The summed E-state index contributed by atoms with van der Waals surface area (Å²) in [6.45, 7) is 5.18. The fourth-order valence-electron chi connectivity index (χ4n) is 1.98. The van der Waals surface area contributed by atoms with E-state index in [9.17, 15) is 0 Å². The first-order valence-electron chi connectivity index (χ1n) is 6.68. The first-order valence-corrected chi connectivity index (χ1v) is 6.68. The van der Waals surface area contributed by atoms with Crippen LogP contribution >= 0.6 is 0 Å². The second-order valence-corrected chi connectivity index (χ2v) is 5.51. The largest absolute Gasteiger partial charge is 0.302 e. The van der Waals surface area contributed by atoms with Gasteiger partial charge in [0.15, 0.2) is 5.82 Å². The molecule has 0 atom stereocenters. The molecule has 0 bridgehead atoms. The Hall–Kier alpha value is -1.68. The van der Waals surface area contributed by atoms with E-state index < -0.39 is 0 Å². The lowest BCUT2D eigenvalue weighted by molar-refractivity contribution is 0.391. The number of H-pyrrole nitrogens is 1. The van der Waals surface area contributed by atoms with E-state index in [0.29, 0.717) is 5.92 Å². The molecule has 1 aromatic heterocycles. The van der Waals surface area contributed by atoms with E-state index in [1.807, 2.05) is 14.1 Å². The van der Waals surface area contributed by atoms with Gasteiger partial charge in [0.2, 0.25) is 0 Å². The molecule has 0 aliphatic carbocycles. The van der Waals surface area contributed by atoms with Crippen molar-refractivity contribution >= 4 is 0 Å². The van der Waals surface area contributed by atoms with Crippen LogP contribution < -0.4 is 0 Å². The van der Waals surface area contributed by atoms with E-state index >= 15 is 0 Å². The predicted octanol–water partition coefficient (Wildman–Crippen LogP) is 2.58. The van der Waals surface area contributed by atoms with Gasteiger partial charge in [-0.15, -0.1) is 0 Å². The van der Waals surface area contributed by atoms with Crippen molar-refractivity contribution in [1.82, 2.24) is 20.1 Å². The molecule has 0 aliphatic heterocycles. The van der Waals surface area contributed by atoms with Crippen molar-refractivity contribution in [2.24, 2.45) is 0 Å². The van der Waals surface area contributed by atoms with Gasteiger partial charge in [0, 0.05) is 6.42 Å². The van der Waals surface area contributed by atoms with Crippen LogP contribution in [0.3, 0.4) is 0 Å². The fourth-order valence-corrected chi connectivity index (χ4v) is 1.98. The third kappa shape index (κ3) is 3.89. The molecular formula is C15H22N4. The summed E-state index contributed by atoms with van der Waals surface area (Å²) in [7, 11) is 4.03. The molecule has 102 valence electrons. The third-order valence-corrected chi connectivity index (χ3v) is 3.05. The van der Waals surface area contributed by atoms with Crippen LogP contribution in [0.5, 0.6) is 0 Å². The molecule has 0 amide bonds. The molecule has 0 saturated heterocycles. The Morgan fingerprint density at radius 1 is 1.16 bits per heavy atom. The first-order chi connectivity index (χ1) is 9.04. The van der Waals surface area contributed by atoms with Crippen LogP contribution in [0, 0.1) is 0 Å². The Bertz CT molecular complexity index is 511. The number of aromatic nitrogens is 3. The molecule has 1 aromatic carbocycles. The maximum atomic E-state index is 4.49. The van der Waals surface area contributed by atoms with Crippen molar-refractivity contribution in [3.8, 4) is 0 Å². The highest BCUT2D eigenvalue weighted by molar-refractivity contribution is 5.26. The van der Waals surface area contributed by atoms with Crippen molar-refractivity contribution in [2.75, 3.05) is 14.1 Å². The lowest BCUT2D eigenvalue weighted by Crippen LogP contribution is -2.11. The van der Waals surface area contributed by atoms with E-state index in [0.717, 1.165) is 24.6 Å². The van der Waals surface area contributed by atoms with Gasteiger partial charge in [-0.3, -0.25) is 5.10 Å². The van der Waals surface area contributed by atoms with Gasteiger partial charge in [-0.25, -0.2) is 4.98 Å². The van der Waals surface area contributed by atoms with Crippen LogP contribution in [0.15, 0.2) is 24.3 Å². The zero-order valence-electron chi connectivity index (χ0n) is 12.1. The Labute approximate surface area is 114 Å². The molecule has 4 heteroatoms. The van der Waals surface area contributed by atoms with Crippen molar-refractivity contribution in [2.45, 2.75) is 32.7 Å². The highest BCUT2D eigenvalue weighted by Crippen LogP contribution is 2.15. The summed E-state index contributed by atoms with van der Waals surface area (Å²) in [6.07, 6.45) is 0.804. The summed E-state index contributed by atoms with van der Waals surface area (Å²) in [5.74, 6) is 2.35. The molecule has 19 heavy (non-hydrogen) atoms. The average molecular weight is 258 g/mol. The smallest absolute Gasteiger partial charge is 0.164 e. The Balaban J connectivity index is 2.02. The molecule has 0 unspecified atom stereocenters. The highest BCUT2D eigenvalue weighted by Gasteiger charge is 2.05. The number of hydrogen-bond donors (Lipinski definition) is 1. The quantitative estimate of drug-likeness (QED) is 0.896. The van der Waals surface area contributed by atoms with Crippen molar-refractivity contribution in [1.29, 1.82) is 0 Å². The number of nitrogens with zero attached hydrogens (tertiary/aromatic N) is 3. The summed E-state index contributed by atoms with van der Waals surface area (Å²) >= 11 is 0. The van der Waals surface area contributed by atoms with Gasteiger partial charge >= 0.3 is 0 Å². The average Bonchev–Trinajstić information content (AvgIpc) is 2.76. The summed E-state index contributed by atoms with van der Waals surface area (Å²) < 4.78 is 0. The standard InChI is InChI=1S/C15H22N4/c1-11(2)13-7-5-12(6-8-13)9-14-16-15(18-17-14)10-19(3)4/h5-8,11H,9-10H2,1-4H3,(H,16,17,18). The second kappa shape index (κ2) is 5.97. The van der Waals surface area contributed by atoms with E-state index in [1.165, 1.54) is 11.1 Å². The number of aromatic amines is 1. The highest BCUT2D eigenvalue weighted by atomic mass is 15.2. The molecule has 0 radical (unpaired) electrons. The normalized spacial score (nSPS) is 11.5. The van der Waals surface area contributed by atoms with Crippen LogP contribution in [0.4, 0.5) is 0 Å². The third-order valence-electron chi connectivity index (χ3n) is 3.05. The molecule has 1 heterocycles. The number of rotatable bonds is 5. The summed E-state index contributed by atoms with van der Waals surface area (Å²) in [5.41, 5.74) is 2.63. The molecule has 0 aliphatic rings. The van der Waals surface area contributed by atoms with Gasteiger partial charge in [0.25, 0.3) is 0 Å². The van der Waals surface area contributed by atoms with Crippen LogP contribution in [0.2, 0.25) is 0 Å².